The molecule has 16 heavy (non-hydrogen) atoms. The van der Waals surface area contributed by atoms with Crippen LogP contribution in [0, 0.1) is 0 Å². The van der Waals surface area contributed by atoms with Gasteiger partial charge in [-0.3, -0.25) is 4.79 Å². The van der Waals surface area contributed by atoms with Crippen LogP contribution in [-0.2, 0) is 0 Å². The number of aldehydes is 1. The number of carbonyl (C=O) groups excluding carboxylic acids is 1. The van der Waals surface area contributed by atoms with E-state index in [1.807, 2.05) is 30.0 Å². The summed E-state index contributed by atoms with van der Waals surface area (Å²) < 4.78 is 0.880. The van der Waals surface area contributed by atoms with Gasteiger partial charge in [0.1, 0.15) is 0 Å². The number of hydrogen-bond acceptors (Lipinski definition) is 3. The molecule has 0 bridgehead atoms. The summed E-state index contributed by atoms with van der Waals surface area (Å²) in [4.78, 5) is 13.1. The standard InChI is InChI=1S/C12H14BrNOS/c1-9-7-14(4-5-16-9)11-3-2-10(8-15)12(13)6-11/h2-3,6,8-9H,4-5,7H2,1H3. The first kappa shape index (κ1) is 12.0. The molecule has 0 radical (unpaired) electrons. The van der Waals surface area contributed by atoms with Crippen LogP contribution in [-0.4, -0.2) is 30.4 Å². The molecule has 86 valence electrons. The normalized spacial score (nSPS) is 20.9. The van der Waals surface area contributed by atoms with Crippen molar-refractivity contribution in [3.63, 3.8) is 0 Å². The first-order valence-electron chi connectivity index (χ1n) is 5.32. The van der Waals surface area contributed by atoms with Crippen LogP contribution in [0.3, 0.4) is 0 Å². The number of carbonyl (C=O) groups is 1. The number of halogens is 1. The molecule has 0 aromatic heterocycles. The van der Waals surface area contributed by atoms with Crippen LogP contribution in [0.5, 0.6) is 0 Å². The van der Waals surface area contributed by atoms with E-state index >= 15 is 0 Å². The Hall–Kier alpha value is -0.480. The lowest BCUT2D eigenvalue weighted by Crippen LogP contribution is -2.36. The first-order valence-corrected chi connectivity index (χ1v) is 7.16. The summed E-state index contributed by atoms with van der Waals surface area (Å²) in [6, 6.07) is 5.93. The van der Waals surface area contributed by atoms with Gasteiger partial charge in [0.2, 0.25) is 0 Å². The van der Waals surface area contributed by atoms with Crippen molar-refractivity contribution >= 4 is 39.7 Å². The van der Waals surface area contributed by atoms with Gasteiger partial charge in [-0.25, -0.2) is 0 Å². The maximum absolute atomic E-state index is 10.7. The zero-order valence-electron chi connectivity index (χ0n) is 9.15. The Balaban J connectivity index is 2.20. The SMILES string of the molecule is CC1CN(c2ccc(C=O)c(Br)c2)CCS1. The maximum Gasteiger partial charge on any atom is 0.151 e. The molecule has 1 aliphatic heterocycles. The molecule has 0 saturated carbocycles. The van der Waals surface area contributed by atoms with E-state index in [2.05, 4.69) is 27.8 Å². The van der Waals surface area contributed by atoms with Crippen molar-refractivity contribution in [1.29, 1.82) is 0 Å². The molecule has 0 N–H and O–H groups in total. The van der Waals surface area contributed by atoms with Crippen molar-refractivity contribution < 1.29 is 4.79 Å². The van der Waals surface area contributed by atoms with Gasteiger partial charge in [-0.15, -0.1) is 0 Å². The summed E-state index contributed by atoms with van der Waals surface area (Å²) in [5.41, 5.74) is 1.91. The Labute approximate surface area is 109 Å². The molecule has 4 heteroatoms. The lowest BCUT2D eigenvalue weighted by molar-refractivity contribution is 0.112. The molecule has 0 spiro atoms. The molecule has 1 atom stereocenters. The van der Waals surface area contributed by atoms with E-state index in [9.17, 15) is 4.79 Å². The van der Waals surface area contributed by atoms with Crippen LogP contribution < -0.4 is 4.90 Å². The second kappa shape index (κ2) is 5.23. The van der Waals surface area contributed by atoms with E-state index in [1.54, 1.807) is 0 Å². The number of anilines is 1. The highest BCUT2D eigenvalue weighted by Gasteiger charge is 2.17. The second-order valence-electron chi connectivity index (χ2n) is 3.95. The molecule has 2 rings (SSSR count). The average Bonchev–Trinajstić information content (AvgIpc) is 2.29. The Bertz CT molecular complexity index is 397. The van der Waals surface area contributed by atoms with Gasteiger partial charge in [0.05, 0.1) is 0 Å². The van der Waals surface area contributed by atoms with Gasteiger partial charge in [-0.05, 0) is 34.1 Å². The van der Waals surface area contributed by atoms with Gasteiger partial charge in [0.25, 0.3) is 0 Å². The van der Waals surface area contributed by atoms with E-state index in [0.29, 0.717) is 10.8 Å². The average molecular weight is 300 g/mol. The molecule has 1 saturated heterocycles. The molecular weight excluding hydrogens is 286 g/mol. The lowest BCUT2D eigenvalue weighted by Gasteiger charge is -2.32. The smallest absolute Gasteiger partial charge is 0.151 e. The van der Waals surface area contributed by atoms with Crippen molar-refractivity contribution in [2.45, 2.75) is 12.2 Å². The summed E-state index contributed by atoms with van der Waals surface area (Å²) in [7, 11) is 0. The van der Waals surface area contributed by atoms with Gasteiger partial charge >= 0.3 is 0 Å². The number of benzene rings is 1. The van der Waals surface area contributed by atoms with Crippen molar-refractivity contribution in [2.75, 3.05) is 23.7 Å². The number of rotatable bonds is 2. The number of thioether (sulfide) groups is 1. The molecule has 1 aliphatic rings. The third-order valence-corrected chi connectivity index (χ3v) is 4.54. The second-order valence-corrected chi connectivity index (χ2v) is 6.35. The third kappa shape index (κ3) is 2.61. The summed E-state index contributed by atoms with van der Waals surface area (Å²) >= 11 is 5.44. The minimum Gasteiger partial charge on any atom is -0.370 e. The minimum atomic E-state index is 0.679. The summed E-state index contributed by atoms with van der Waals surface area (Å²) in [5, 5.41) is 0.679. The van der Waals surface area contributed by atoms with Crippen molar-refractivity contribution in [3.8, 4) is 0 Å². The first-order chi connectivity index (χ1) is 7.70. The predicted octanol–water partition coefficient (Wildman–Crippen LogP) is 3.20. The molecule has 1 aromatic carbocycles. The topological polar surface area (TPSA) is 20.3 Å². The molecule has 0 amide bonds. The monoisotopic (exact) mass is 299 g/mol. The van der Waals surface area contributed by atoms with Crippen LogP contribution in [0.1, 0.15) is 17.3 Å². The molecule has 1 unspecified atom stereocenters. The molecule has 1 fully saturated rings. The Morgan fingerprint density at radius 2 is 2.38 bits per heavy atom. The van der Waals surface area contributed by atoms with E-state index in [0.717, 1.165) is 23.8 Å². The largest absolute Gasteiger partial charge is 0.370 e. The van der Waals surface area contributed by atoms with E-state index < -0.39 is 0 Å². The quantitative estimate of drug-likeness (QED) is 0.782. The van der Waals surface area contributed by atoms with Crippen LogP contribution in [0.25, 0.3) is 0 Å². The van der Waals surface area contributed by atoms with Crippen molar-refractivity contribution in [3.05, 3.63) is 28.2 Å². The Kier molecular flexibility index (Phi) is 3.92. The Morgan fingerprint density at radius 1 is 1.56 bits per heavy atom. The summed E-state index contributed by atoms with van der Waals surface area (Å²) in [6.07, 6.45) is 0.878. The van der Waals surface area contributed by atoms with Gasteiger partial charge in [0, 0.05) is 39.8 Å². The highest BCUT2D eigenvalue weighted by molar-refractivity contribution is 9.10. The molecule has 0 aliphatic carbocycles. The van der Waals surface area contributed by atoms with Crippen LogP contribution in [0.15, 0.2) is 22.7 Å². The van der Waals surface area contributed by atoms with Gasteiger partial charge in [-0.1, -0.05) is 6.92 Å². The van der Waals surface area contributed by atoms with Gasteiger partial charge in [-0.2, -0.15) is 11.8 Å². The number of hydrogen-bond donors (Lipinski definition) is 0. The summed E-state index contributed by atoms with van der Waals surface area (Å²) in [6.45, 7) is 4.42. The van der Waals surface area contributed by atoms with E-state index in [-0.39, 0.29) is 0 Å². The van der Waals surface area contributed by atoms with Gasteiger partial charge < -0.3 is 4.90 Å². The molecule has 2 nitrogen and oxygen atoms in total. The summed E-state index contributed by atoms with van der Waals surface area (Å²) in [5.74, 6) is 1.17. The zero-order chi connectivity index (χ0) is 11.5. The highest BCUT2D eigenvalue weighted by atomic mass is 79.9. The van der Waals surface area contributed by atoms with Crippen LogP contribution >= 0.6 is 27.7 Å². The molecule has 1 aromatic rings. The lowest BCUT2D eigenvalue weighted by atomic mass is 10.2. The number of nitrogens with zero attached hydrogens (tertiary/aromatic N) is 1. The minimum absolute atomic E-state index is 0.679. The van der Waals surface area contributed by atoms with E-state index in [1.165, 1.54) is 11.4 Å². The molecule has 1 heterocycles. The van der Waals surface area contributed by atoms with Crippen LogP contribution in [0.2, 0.25) is 0 Å². The van der Waals surface area contributed by atoms with Gasteiger partial charge in [0.15, 0.2) is 6.29 Å². The van der Waals surface area contributed by atoms with Crippen molar-refractivity contribution in [2.24, 2.45) is 0 Å². The molecular formula is C12H14BrNOS. The fourth-order valence-corrected chi connectivity index (χ4v) is 3.33. The van der Waals surface area contributed by atoms with E-state index in [4.69, 9.17) is 0 Å². The fraction of sp³-hybridized carbons (Fsp3) is 0.417. The fourth-order valence-electron chi connectivity index (χ4n) is 1.86. The zero-order valence-corrected chi connectivity index (χ0v) is 11.6. The maximum atomic E-state index is 10.7. The Morgan fingerprint density at radius 3 is 3.00 bits per heavy atom. The van der Waals surface area contributed by atoms with Crippen molar-refractivity contribution in [1.82, 2.24) is 0 Å². The van der Waals surface area contributed by atoms with Crippen LogP contribution in [0.4, 0.5) is 5.69 Å². The highest BCUT2D eigenvalue weighted by Crippen LogP contribution is 2.27. The third-order valence-electron chi connectivity index (χ3n) is 2.72. The predicted molar refractivity (Wildman–Crippen MR) is 73.7 cm³/mol.